The van der Waals surface area contributed by atoms with Gasteiger partial charge in [0.05, 0.1) is 5.69 Å². The van der Waals surface area contributed by atoms with Crippen molar-refractivity contribution in [3.05, 3.63) is 27.8 Å². The number of amides is 1. The lowest BCUT2D eigenvalue weighted by Gasteiger charge is -2.06. The average molecular weight is 317 g/mol. The van der Waals surface area contributed by atoms with Gasteiger partial charge in [0.15, 0.2) is 0 Å². The molecule has 0 unspecified atom stereocenters. The fourth-order valence-corrected chi connectivity index (χ4v) is 1.83. The Morgan fingerprint density at radius 3 is 2.73 bits per heavy atom. The first-order valence-corrected chi connectivity index (χ1v) is 6.36. The van der Waals surface area contributed by atoms with E-state index in [0.717, 1.165) is 28.5 Å². The van der Waals surface area contributed by atoms with Gasteiger partial charge in [-0.15, -0.1) is 0 Å². The normalized spacial score (nSPS) is 10.0. The number of hydrogen-bond donors (Lipinski definition) is 1. The van der Waals surface area contributed by atoms with Crippen LogP contribution < -0.4 is 5.32 Å². The lowest BCUT2D eigenvalue weighted by atomic mass is 10.2. The second-order valence-electron chi connectivity index (χ2n) is 3.49. The molecule has 0 aromatic heterocycles. The van der Waals surface area contributed by atoms with E-state index in [-0.39, 0.29) is 5.91 Å². The van der Waals surface area contributed by atoms with Crippen LogP contribution in [-0.4, -0.2) is 5.91 Å². The third kappa shape index (κ3) is 4.64. The Morgan fingerprint density at radius 2 is 2.07 bits per heavy atom. The summed E-state index contributed by atoms with van der Waals surface area (Å²) in [7, 11) is 0. The van der Waals surface area contributed by atoms with Crippen molar-refractivity contribution >= 4 is 34.2 Å². The van der Waals surface area contributed by atoms with Crippen molar-refractivity contribution in [1.29, 1.82) is 0 Å². The maximum absolute atomic E-state index is 11.5. The number of carbonyl (C=O) groups excluding carboxylic acids is 1. The fraction of sp³-hybridized carbons (Fsp3) is 0.417. The van der Waals surface area contributed by atoms with Gasteiger partial charge in [0.25, 0.3) is 0 Å². The Kier molecular flexibility index (Phi) is 5.68. The Hall–Kier alpha value is -0.580. The zero-order chi connectivity index (χ0) is 11.1. The molecular weight excluding hydrogens is 301 g/mol. The molecule has 0 radical (unpaired) electrons. The topological polar surface area (TPSA) is 29.1 Å². The summed E-state index contributed by atoms with van der Waals surface area (Å²) in [6, 6.07) is 7.82. The van der Waals surface area contributed by atoms with E-state index in [9.17, 15) is 4.79 Å². The zero-order valence-corrected chi connectivity index (χ0v) is 11.1. The SMILES string of the molecule is CCCCCC(=O)Nc1ccccc1I. The molecule has 0 aliphatic heterocycles. The predicted molar refractivity (Wildman–Crippen MR) is 71.9 cm³/mol. The highest BCUT2D eigenvalue weighted by molar-refractivity contribution is 14.1. The molecule has 15 heavy (non-hydrogen) atoms. The molecule has 1 N–H and O–H groups in total. The highest BCUT2D eigenvalue weighted by atomic mass is 127. The highest BCUT2D eigenvalue weighted by Gasteiger charge is 2.03. The van der Waals surface area contributed by atoms with Crippen molar-refractivity contribution in [3.63, 3.8) is 0 Å². The van der Waals surface area contributed by atoms with Gasteiger partial charge in [-0.1, -0.05) is 31.9 Å². The molecule has 0 atom stereocenters. The summed E-state index contributed by atoms with van der Waals surface area (Å²) in [5.74, 6) is 0.118. The Labute approximate surface area is 105 Å². The van der Waals surface area contributed by atoms with E-state index in [1.54, 1.807) is 0 Å². The van der Waals surface area contributed by atoms with E-state index in [4.69, 9.17) is 0 Å². The van der Waals surface area contributed by atoms with Crippen molar-refractivity contribution in [2.45, 2.75) is 32.6 Å². The first-order chi connectivity index (χ1) is 7.24. The number of carbonyl (C=O) groups is 1. The quantitative estimate of drug-likeness (QED) is 0.649. The smallest absolute Gasteiger partial charge is 0.224 e. The number of halogens is 1. The Morgan fingerprint density at radius 1 is 1.33 bits per heavy atom. The maximum atomic E-state index is 11.5. The largest absolute Gasteiger partial charge is 0.325 e. The van der Waals surface area contributed by atoms with E-state index in [0.29, 0.717) is 6.42 Å². The predicted octanol–water partition coefficient (Wildman–Crippen LogP) is 3.81. The van der Waals surface area contributed by atoms with Crippen LogP contribution in [0.4, 0.5) is 5.69 Å². The summed E-state index contributed by atoms with van der Waals surface area (Å²) in [5.41, 5.74) is 0.916. The molecular formula is C12H16INO. The third-order valence-electron chi connectivity index (χ3n) is 2.16. The molecule has 0 fully saturated rings. The lowest BCUT2D eigenvalue weighted by molar-refractivity contribution is -0.116. The summed E-state index contributed by atoms with van der Waals surface area (Å²) in [4.78, 5) is 11.5. The standard InChI is InChI=1S/C12H16INO/c1-2-3-4-9-12(15)14-11-8-6-5-7-10(11)13/h5-8H,2-4,9H2,1H3,(H,14,15). The molecule has 0 spiro atoms. The van der Waals surface area contributed by atoms with E-state index < -0.39 is 0 Å². The van der Waals surface area contributed by atoms with Crippen LogP contribution in [-0.2, 0) is 4.79 Å². The number of unbranched alkanes of at least 4 members (excludes halogenated alkanes) is 2. The van der Waals surface area contributed by atoms with Gasteiger partial charge >= 0.3 is 0 Å². The van der Waals surface area contributed by atoms with Crippen LogP contribution in [0.5, 0.6) is 0 Å². The Balaban J connectivity index is 2.41. The van der Waals surface area contributed by atoms with Gasteiger partial charge in [0, 0.05) is 9.99 Å². The number of anilines is 1. The van der Waals surface area contributed by atoms with Gasteiger partial charge in [-0.05, 0) is 41.1 Å². The summed E-state index contributed by atoms with van der Waals surface area (Å²) in [6.45, 7) is 2.14. The van der Waals surface area contributed by atoms with Crippen molar-refractivity contribution in [2.75, 3.05) is 5.32 Å². The number of para-hydroxylation sites is 1. The molecule has 1 amide bonds. The minimum Gasteiger partial charge on any atom is -0.325 e. The van der Waals surface area contributed by atoms with Crippen molar-refractivity contribution in [2.24, 2.45) is 0 Å². The van der Waals surface area contributed by atoms with Gasteiger partial charge < -0.3 is 5.32 Å². The second-order valence-corrected chi connectivity index (χ2v) is 4.65. The second kappa shape index (κ2) is 6.82. The van der Waals surface area contributed by atoms with Crippen LogP contribution in [0.25, 0.3) is 0 Å². The summed E-state index contributed by atoms with van der Waals surface area (Å²) >= 11 is 2.22. The lowest BCUT2D eigenvalue weighted by Crippen LogP contribution is -2.11. The number of hydrogen-bond acceptors (Lipinski definition) is 1. The molecule has 0 saturated heterocycles. The summed E-state index contributed by atoms with van der Waals surface area (Å²) < 4.78 is 1.08. The van der Waals surface area contributed by atoms with Gasteiger partial charge in [0.1, 0.15) is 0 Å². The minimum atomic E-state index is 0.118. The first-order valence-electron chi connectivity index (χ1n) is 5.28. The monoisotopic (exact) mass is 317 g/mol. The van der Waals surface area contributed by atoms with Crippen LogP contribution in [0.15, 0.2) is 24.3 Å². The number of rotatable bonds is 5. The number of benzene rings is 1. The average Bonchev–Trinajstić information content (AvgIpc) is 2.22. The van der Waals surface area contributed by atoms with Crippen molar-refractivity contribution in [3.8, 4) is 0 Å². The molecule has 1 rings (SSSR count). The molecule has 0 bridgehead atoms. The number of nitrogens with one attached hydrogen (secondary N) is 1. The summed E-state index contributed by atoms with van der Waals surface area (Å²) in [5, 5.41) is 2.92. The van der Waals surface area contributed by atoms with Gasteiger partial charge in [0.2, 0.25) is 5.91 Å². The molecule has 1 aromatic carbocycles. The van der Waals surface area contributed by atoms with Crippen LogP contribution in [0, 0.1) is 3.57 Å². The van der Waals surface area contributed by atoms with Gasteiger partial charge in [-0.3, -0.25) is 4.79 Å². The van der Waals surface area contributed by atoms with Crippen molar-refractivity contribution < 1.29 is 4.79 Å². The van der Waals surface area contributed by atoms with E-state index >= 15 is 0 Å². The van der Waals surface area contributed by atoms with Crippen LogP contribution in [0.2, 0.25) is 0 Å². The van der Waals surface area contributed by atoms with Gasteiger partial charge in [-0.25, -0.2) is 0 Å². The molecule has 0 saturated carbocycles. The molecule has 3 heteroatoms. The molecule has 0 aliphatic carbocycles. The fourth-order valence-electron chi connectivity index (χ4n) is 1.31. The van der Waals surface area contributed by atoms with Crippen LogP contribution in [0.3, 0.4) is 0 Å². The zero-order valence-electron chi connectivity index (χ0n) is 8.92. The molecule has 0 heterocycles. The van der Waals surface area contributed by atoms with E-state index in [1.807, 2.05) is 24.3 Å². The van der Waals surface area contributed by atoms with E-state index in [2.05, 4.69) is 34.8 Å². The summed E-state index contributed by atoms with van der Waals surface area (Å²) in [6.07, 6.45) is 3.88. The first kappa shape index (κ1) is 12.5. The van der Waals surface area contributed by atoms with Crippen LogP contribution >= 0.6 is 22.6 Å². The van der Waals surface area contributed by atoms with Gasteiger partial charge in [-0.2, -0.15) is 0 Å². The molecule has 0 aliphatic rings. The molecule has 82 valence electrons. The van der Waals surface area contributed by atoms with Crippen molar-refractivity contribution in [1.82, 2.24) is 0 Å². The maximum Gasteiger partial charge on any atom is 0.224 e. The highest BCUT2D eigenvalue weighted by Crippen LogP contribution is 2.17. The third-order valence-corrected chi connectivity index (χ3v) is 3.10. The minimum absolute atomic E-state index is 0.118. The Bertz CT molecular complexity index is 325. The van der Waals surface area contributed by atoms with Crippen LogP contribution in [0.1, 0.15) is 32.6 Å². The van der Waals surface area contributed by atoms with E-state index in [1.165, 1.54) is 0 Å². The molecule has 1 aromatic rings. The molecule has 2 nitrogen and oxygen atoms in total.